The SMILES string of the molecule is [CH2]C1CN(NC)C(NC)C1NC. The average molecular weight is 171 g/mol. The van der Waals surface area contributed by atoms with Crippen molar-refractivity contribution in [2.45, 2.75) is 12.2 Å². The maximum atomic E-state index is 4.10. The standard InChI is InChI=1S/C8H19N4/c1-6-5-12(11-4)8(10-3)7(6)9-2/h6-11H,1,5H2,2-4H3. The van der Waals surface area contributed by atoms with Crippen LogP contribution in [0, 0.1) is 12.8 Å². The van der Waals surface area contributed by atoms with Crippen LogP contribution in [0.4, 0.5) is 0 Å². The normalized spacial score (nSPS) is 37.5. The zero-order valence-corrected chi connectivity index (χ0v) is 8.09. The highest BCUT2D eigenvalue weighted by atomic mass is 15.6. The average Bonchev–Trinajstić information content (AvgIpc) is 2.40. The molecule has 0 saturated carbocycles. The number of nitrogens with one attached hydrogen (secondary N) is 3. The van der Waals surface area contributed by atoms with Crippen LogP contribution < -0.4 is 16.1 Å². The second kappa shape index (κ2) is 4.18. The number of hydrogen-bond acceptors (Lipinski definition) is 4. The minimum absolute atomic E-state index is 0.336. The predicted octanol–water partition coefficient (Wildman–Crippen LogP) is -0.980. The van der Waals surface area contributed by atoms with Gasteiger partial charge in [0.05, 0.1) is 6.17 Å². The zero-order valence-electron chi connectivity index (χ0n) is 8.09. The first-order chi connectivity index (χ1) is 5.74. The first-order valence-corrected chi connectivity index (χ1v) is 4.36. The fraction of sp³-hybridized carbons (Fsp3) is 0.875. The minimum Gasteiger partial charge on any atom is -0.314 e. The van der Waals surface area contributed by atoms with Crippen molar-refractivity contribution in [2.24, 2.45) is 5.92 Å². The Hall–Kier alpha value is -0.160. The molecule has 0 spiro atoms. The molecular weight excluding hydrogens is 152 g/mol. The van der Waals surface area contributed by atoms with E-state index in [-0.39, 0.29) is 0 Å². The third kappa shape index (κ3) is 1.61. The van der Waals surface area contributed by atoms with E-state index in [9.17, 15) is 0 Å². The van der Waals surface area contributed by atoms with Gasteiger partial charge in [-0.1, -0.05) is 0 Å². The molecule has 3 N–H and O–H groups in total. The lowest BCUT2D eigenvalue weighted by atomic mass is 10.1. The van der Waals surface area contributed by atoms with Gasteiger partial charge in [-0.3, -0.25) is 5.43 Å². The monoisotopic (exact) mass is 171 g/mol. The van der Waals surface area contributed by atoms with E-state index >= 15 is 0 Å². The largest absolute Gasteiger partial charge is 0.314 e. The summed E-state index contributed by atoms with van der Waals surface area (Å²) in [5, 5.41) is 8.70. The highest BCUT2D eigenvalue weighted by molar-refractivity contribution is 4.94. The Kier molecular flexibility index (Phi) is 3.46. The zero-order chi connectivity index (χ0) is 9.14. The molecule has 0 bridgehead atoms. The summed E-state index contributed by atoms with van der Waals surface area (Å²) in [5.74, 6) is 0.430. The molecule has 3 unspecified atom stereocenters. The van der Waals surface area contributed by atoms with Crippen molar-refractivity contribution in [3.63, 3.8) is 0 Å². The van der Waals surface area contributed by atoms with Crippen LogP contribution in [0.5, 0.6) is 0 Å². The minimum atomic E-state index is 0.336. The summed E-state index contributed by atoms with van der Waals surface area (Å²) >= 11 is 0. The lowest BCUT2D eigenvalue weighted by molar-refractivity contribution is 0.155. The third-order valence-corrected chi connectivity index (χ3v) is 2.53. The molecule has 3 atom stereocenters. The Balaban J connectivity index is 2.61. The van der Waals surface area contributed by atoms with Gasteiger partial charge in [0.15, 0.2) is 0 Å². The molecule has 1 radical (unpaired) electrons. The highest BCUT2D eigenvalue weighted by Crippen LogP contribution is 2.18. The molecule has 4 heteroatoms. The van der Waals surface area contributed by atoms with Gasteiger partial charge >= 0.3 is 0 Å². The Bertz CT molecular complexity index is 139. The van der Waals surface area contributed by atoms with Crippen molar-refractivity contribution in [1.82, 2.24) is 21.1 Å². The molecule has 0 aromatic carbocycles. The van der Waals surface area contributed by atoms with Crippen molar-refractivity contribution < 1.29 is 0 Å². The second-order valence-electron chi connectivity index (χ2n) is 3.18. The van der Waals surface area contributed by atoms with E-state index in [0.29, 0.717) is 18.1 Å². The third-order valence-electron chi connectivity index (χ3n) is 2.53. The topological polar surface area (TPSA) is 39.3 Å². The van der Waals surface area contributed by atoms with Crippen molar-refractivity contribution in [2.75, 3.05) is 27.7 Å². The molecule has 1 saturated heterocycles. The van der Waals surface area contributed by atoms with E-state index in [4.69, 9.17) is 0 Å². The van der Waals surface area contributed by atoms with Crippen LogP contribution in [-0.2, 0) is 0 Å². The number of nitrogens with zero attached hydrogens (tertiary/aromatic N) is 1. The fourth-order valence-electron chi connectivity index (χ4n) is 1.89. The molecule has 71 valence electrons. The molecule has 0 aromatic heterocycles. The lowest BCUT2D eigenvalue weighted by Gasteiger charge is -2.26. The van der Waals surface area contributed by atoms with Crippen LogP contribution in [0.1, 0.15) is 0 Å². The van der Waals surface area contributed by atoms with Crippen LogP contribution in [0.15, 0.2) is 0 Å². The van der Waals surface area contributed by atoms with Gasteiger partial charge in [-0.05, 0) is 34.0 Å². The number of rotatable bonds is 3. The smallest absolute Gasteiger partial charge is 0.0888 e. The number of hydrogen-bond donors (Lipinski definition) is 3. The van der Waals surface area contributed by atoms with Gasteiger partial charge in [0.1, 0.15) is 0 Å². The van der Waals surface area contributed by atoms with Crippen molar-refractivity contribution >= 4 is 0 Å². The van der Waals surface area contributed by atoms with Gasteiger partial charge in [-0.2, -0.15) is 0 Å². The lowest BCUT2D eigenvalue weighted by Crippen LogP contribution is -2.53. The van der Waals surface area contributed by atoms with E-state index in [2.05, 4.69) is 28.0 Å². The summed E-state index contributed by atoms with van der Waals surface area (Å²) in [4.78, 5) is 0. The van der Waals surface area contributed by atoms with Gasteiger partial charge in [-0.15, -0.1) is 0 Å². The highest BCUT2D eigenvalue weighted by Gasteiger charge is 2.36. The summed E-state index contributed by atoms with van der Waals surface area (Å²) in [6.07, 6.45) is 0.336. The first kappa shape index (κ1) is 9.92. The van der Waals surface area contributed by atoms with Crippen molar-refractivity contribution in [3.8, 4) is 0 Å². The van der Waals surface area contributed by atoms with Crippen LogP contribution >= 0.6 is 0 Å². The van der Waals surface area contributed by atoms with Gasteiger partial charge in [-0.25, -0.2) is 5.01 Å². The van der Waals surface area contributed by atoms with E-state index in [1.165, 1.54) is 0 Å². The molecule has 1 fully saturated rings. The molecule has 1 aliphatic heterocycles. The van der Waals surface area contributed by atoms with E-state index in [1.807, 2.05) is 21.1 Å². The molecule has 1 rings (SSSR count). The summed E-state index contributed by atoms with van der Waals surface area (Å²) < 4.78 is 0. The molecular formula is C8H19N4. The van der Waals surface area contributed by atoms with Gasteiger partial charge in [0.25, 0.3) is 0 Å². The van der Waals surface area contributed by atoms with Crippen LogP contribution in [-0.4, -0.2) is 44.9 Å². The molecule has 0 amide bonds. The summed E-state index contributed by atoms with van der Waals surface area (Å²) in [7, 11) is 5.89. The first-order valence-electron chi connectivity index (χ1n) is 4.36. The molecule has 12 heavy (non-hydrogen) atoms. The maximum absolute atomic E-state index is 4.10. The van der Waals surface area contributed by atoms with Crippen molar-refractivity contribution in [1.29, 1.82) is 0 Å². The van der Waals surface area contributed by atoms with Gasteiger partial charge in [0, 0.05) is 12.6 Å². The van der Waals surface area contributed by atoms with E-state index in [0.717, 1.165) is 6.54 Å². The van der Waals surface area contributed by atoms with Crippen LogP contribution in [0.2, 0.25) is 0 Å². The molecule has 1 heterocycles. The number of hydrazine groups is 1. The predicted molar refractivity (Wildman–Crippen MR) is 50.3 cm³/mol. The van der Waals surface area contributed by atoms with Crippen LogP contribution in [0.3, 0.4) is 0 Å². The Morgan fingerprint density at radius 1 is 1.25 bits per heavy atom. The fourth-order valence-corrected chi connectivity index (χ4v) is 1.89. The van der Waals surface area contributed by atoms with E-state index < -0.39 is 0 Å². The number of likely N-dealkylation sites (N-methyl/N-ethyl adjacent to an activating group) is 2. The van der Waals surface area contributed by atoms with E-state index in [1.54, 1.807) is 0 Å². The Morgan fingerprint density at radius 2 is 1.92 bits per heavy atom. The second-order valence-corrected chi connectivity index (χ2v) is 3.18. The molecule has 4 nitrogen and oxygen atoms in total. The van der Waals surface area contributed by atoms with Crippen molar-refractivity contribution in [3.05, 3.63) is 6.92 Å². The Morgan fingerprint density at radius 3 is 2.33 bits per heavy atom. The van der Waals surface area contributed by atoms with Gasteiger partial charge < -0.3 is 10.6 Å². The molecule has 0 aliphatic carbocycles. The summed E-state index contributed by atoms with van der Waals surface area (Å²) in [6.45, 7) is 5.08. The summed E-state index contributed by atoms with van der Waals surface area (Å²) in [5.41, 5.74) is 3.15. The Labute approximate surface area is 74.7 Å². The van der Waals surface area contributed by atoms with Crippen LogP contribution in [0.25, 0.3) is 0 Å². The maximum Gasteiger partial charge on any atom is 0.0888 e. The summed E-state index contributed by atoms with van der Waals surface area (Å²) in [6, 6.07) is 0.419. The van der Waals surface area contributed by atoms with Gasteiger partial charge in [0.2, 0.25) is 0 Å². The quantitative estimate of drug-likeness (QED) is 0.510. The molecule has 1 aliphatic rings. The molecule has 0 aromatic rings.